The monoisotopic (exact) mass is 493 g/mol. The van der Waals surface area contributed by atoms with Gasteiger partial charge in [0.25, 0.3) is 5.56 Å². The van der Waals surface area contributed by atoms with Crippen LogP contribution < -0.4 is 29.0 Å². The number of rotatable bonds is 10. The molecular formula is C26H27N3O5S. The fraction of sp³-hybridized carbons (Fsp3) is 0.269. The Morgan fingerprint density at radius 2 is 1.66 bits per heavy atom. The molecule has 0 saturated carbocycles. The number of benzene rings is 2. The van der Waals surface area contributed by atoms with Crippen LogP contribution in [0.5, 0.6) is 23.0 Å². The lowest BCUT2D eigenvalue weighted by Gasteiger charge is -2.11. The molecule has 9 heteroatoms. The molecule has 2 heterocycles. The van der Waals surface area contributed by atoms with E-state index in [1.54, 1.807) is 20.3 Å². The maximum atomic E-state index is 12.9. The van der Waals surface area contributed by atoms with Crippen molar-refractivity contribution in [3.05, 3.63) is 68.2 Å². The number of methoxy groups -OCH3 is 2. The molecule has 0 unspecified atom stereocenters. The van der Waals surface area contributed by atoms with Gasteiger partial charge in [-0.05, 0) is 60.9 Å². The average Bonchev–Trinajstić information content (AvgIpc) is 3.40. The van der Waals surface area contributed by atoms with Crippen LogP contribution in [0.15, 0.2) is 41.2 Å². The normalized spacial score (nSPS) is 11.9. The molecule has 182 valence electrons. The van der Waals surface area contributed by atoms with Crippen LogP contribution in [-0.2, 0) is 0 Å². The van der Waals surface area contributed by atoms with Gasteiger partial charge in [-0.15, -0.1) is 5.10 Å². The summed E-state index contributed by atoms with van der Waals surface area (Å²) in [6.07, 6.45) is 6.34. The zero-order valence-corrected chi connectivity index (χ0v) is 20.9. The van der Waals surface area contributed by atoms with Crippen LogP contribution in [0.4, 0.5) is 0 Å². The van der Waals surface area contributed by atoms with Gasteiger partial charge in [-0.2, -0.15) is 9.50 Å². The van der Waals surface area contributed by atoms with Crippen LogP contribution in [0.25, 0.3) is 23.2 Å². The van der Waals surface area contributed by atoms with Gasteiger partial charge in [0.1, 0.15) is 0 Å². The predicted octanol–water partition coefficient (Wildman–Crippen LogP) is 4.07. The predicted molar refractivity (Wildman–Crippen MR) is 138 cm³/mol. The molecule has 0 aliphatic carbocycles. The van der Waals surface area contributed by atoms with Crippen molar-refractivity contribution >= 4 is 34.5 Å². The first-order valence-electron chi connectivity index (χ1n) is 11.3. The number of hydrogen-bond donors (Lipinski definition) is 0. The summed E-state index contributed by atoms with van der Waals surface area (Å²) in [5, 5.41) is 4.36. The van der Waals surface area contributed by atoms with E-state index in [1.165, 1.54) is 15.9 Å². The highest BCUT2D eigenvalue weighted by atomic mass is 32.1. The number of thiazole rings is 1. The number of nitrogens with zero attached hydrogens (tertiary/aromatic N) is 3. The van der Waals surface area contributed by atoms with Crippen LogP contribution in [0.3, 0.4) is 0 Å². The summed E-state index contributed by atoms with van der Waals surface area (Å²) in [4.78, 5) is 17.9. The van der Waals surface area contributed by atoms with Crippen molar-refractivity contribution in [2.75, 3.05) is 27.4 Å². The summed E-state index contributed by atoms with van der Waals surface area (Å²) in [7, 11) is 3.18. The Kier molecular flexibility index (Phi) is 7.67. The summed E-state index contributed by atoms with van der Waals surface area (Å²) >= 11 is 1.29. The standard InChI is InChI=1S/C26H27N3O5S/c1-5-13-34-20-11-8-18(15-22(20)33-6-2)16-23-25(30)29-26(35-23)27-24(28-29)12-9-17-7-10-19(31-3)21(14-17)32-4/h7-12,14-16H,5-6,13H2,1-4H3/b12-9+,23-16-. The summed E-state index contributed by atoms with van der Waals surface area (Å²) in [6, 6.07) is 11.2. The van der Waals surface area contributed by atoms with E-state index >= 15 is 0 Å². The van der Waals surface area contributed by atoms with Crippen molar-refractivity contribution in [1.29, 1.82) is 0 Å². The second-order valence-electron chi connectivity index (χ2n) is 7.52. The van der Waals surface area contributed by atoms with Gasteiger partial charge in [0.2, 0.25) is 4.96 Å². The molecule has 4 rings (SSSR count). The molecule has 0 fully saturated rings. The lowest BCUT2D eigenvalue weighted by molar-refractivity contribution is 0.277. The van der Waals surface area contributed by atoms with Crippen LogP contribution in [0.2, 0.25) is 0 Å². The van der Waals surface area contributed by atoms with Crippen molar-refractivity contribution in [3.8, 4) is 23.0 Å². The van der Waals surface area contributed by atoms with Gasteiger partial charge >= 0.3 is 0 Å². The Hall–Kier alpha value is -3.85. The third-order valence-corrected chi connectivity index (χ3v) is 6.02. The molecule has 0 radical (unpaired) electrons. The Morgan fingerprint density at radius 1 is 0.914 bits per heavy atom. The van der Waals surface area contributed by atoms with Gasteiger partial charge in [0.05, 0.1) is 32.0 Å². The minimum absolute atomic E-state index is 0.215. The second kappa shape index (κ2) is 11.1. The minimum Gasteiger partial charge on any atom is -0.493 e. The average molecular weight is 494 g/mol. The van der Waals surface area contributed by atoms with Crippen molar-refractivity contribution in [2.45, 2.75) is 20.3 Å². The first-order chi connectivity index (χ1) is 17.1. The van der Waals surface area contributed by atoms with Crippen molar-refractivity contribution in [2.24, 2.45) is 0 Å². The molecule has 0 aliphatic rings. The summed E-state index contributed by atoms with van der Waals surface area (Å²) in [6.45, 7) is 5.11. The van der Waals surface area contributed by atoms with Gasteiger partial charge in [-0.25, -0.2) is 0 Å². The molecule has 0 saturated heterocycles. The number of hydrogen-bond acceptors (Lipinski definition) is 8. The Bertz CT molecular complexity index is 1460. The highest BCUT2D eigenvalue weighted by molar-refractivity contribution is 7.15. The van der Waals surface area contributed by atoms with E-state index in [1.807, 2.05) is 55.5 Å². The molecule has 0 aliphatic heterocycles. The molecular weight excluding hydrogens is 466 g/mol. The zero-order valence-electron chi connectivity index (χ0n) is 20.1. The molecule has 0 atom stereocenters. The van der Waals surface area contributed by atoms with E-state index in [4.69, 9.17) is 18.9 Å². The molecule has 0 amide bonds. The number of aromatic nitrogens is 3. The highest BCUT2D eigenvalue weighted by Gasteiger charge is 2.11. The SMILES string of the molecule is CCCOc1ccc(/C=c2\sc3nc(/C=C/c4ccc(OC)c(OC)c4)nn3c2=O)cc1OCC. The molecule has 0 bridgehead atoms. The van der Waals surface area contributed by atoms with E-state index in [2.05, 4.69) is 17.0 Å². The number of fused-ring (bicyclic) bond motifs is 1. The lowest BCUT2D eigenvalue weighted by Crippen LogP contribution is -2.23. The lowest BCUT2D eigenvalue weighted by atomic mass is 10.2. The van der Waals surface area contributed by atoms with Gasteiger partial charge in [-0.1, -0.05) is 36.5 Å². The minimum atomic E-state index is -0.215. The first kappa shape index (κ1) is 24.3. The molecule has 2 aromatic heterocycles. The molecule has 4 aromatic rings. The van der Waals surface area contributed by atoms with Crippen LogP contribution in [0.1, 0.15) is 37.2 Å². The topological polar surface area (TPSA) is 84.2 Å². The molecule has 35 heavy (non-hydrogen) atoms. The van der Waals surface area contributed by atoms with Gasteiger partial charge < -0.3 is 18.9 Å². The quantitative estimate of drug-likeness (QED) is 0.329. The van der Waals surface area contributed by atoms with E-state index in [0.717, 1.165) is 17.5 Å². The van der Waals surface area contributed by atoms with Crippen LogP contribution >= 0.6 is 11.3 Å². The Labute approximate surface area is 207 Å². The summed E-state index contributed by atoms with van der Waals surface area (Å²) in [5.74, 6) is 3.09. The smallest absolute Gasteiger partial charge is 0.291 e. The fourth-order valence-electron chi connectivity index (χ4n) is 3.41. The zero-order chi connectivity index (χ0) is 24.8. The van der Waals surface area contributed by atoms with Crippen LogP contribution in [-0.4, -0.2) is 42.0 Å². The maximum absolute atomic E-state index is 12.9. The fourth-order valence-corrected chi connectivity index (χ4v) is 4.33. The molecule has 0 spiro atoms. The van der Waals surface area contributed by atoms with Gasteiger partial charge in [0.15, 0.2) is 28.8 Å². The number of ether oxygens (including phenoxy) is 4. The van der Waals surface area contributed by atoms with Gasteiger partial charge in [0, 0.05) is 0 Å². The highest BCUT2D eigenvalue weighted by Crippen LogP contribution is 2.29. The summed E-state index contributed by atoms with van der Waals surface area (Å²) < 4.78 is 23.9. The first-order valence-corrected chi connectivity index (χ1v) is 12.1. The largest absolute Gasteiger partial charge is 0.493 e. The van der Waals surface area contributed by atoms with Gasteiger partial charge in [-0.3, -0.25) is 4.79 Å². The van der Waals surface area contributed by atoms with Crippen molar-refractivity contribution in [1.82, 2.24) is 14.6 Å². The maximum Gasteiger partial charge on any atom is 0.291 e. The van der Waals surface area contributed by atoms with E-state index in [9.17, 15) is 4.79 Å². The molecule has 2 aromatic carbocycles. The summed E-state index contributed by atoms with van der Waals surface area (Å²) in [5.41, 5.74) is 1.52. The van der Waals surface area contributed by atoms with Crippen molar-refractivity contribution < 1.29 is 18.9 Å². The Morgan fingerprint density at radius 3 is 2.37 bits per heavy atom. The van der Waals surface area contributed by atoms with E-state index in [0.29, 0.717) is 51.5 Å². The van der Waals surface area contributed by atoms with Crippen molar-refractivity contribution in [3.63, 3.8) is 0 Å². The molecule has 0 N–H and O–H groups in total. The van der Waals surface area contributed by atoms with Crippen LogP contribution in [0, 0.1) is 0 Å². The third kappa shape index (κ3) is 5.46. The second-order valence-corrected chi connectivity index (χ2v) is 8.52. The van der Waals surface area contributed by atoms with E-state index in [-0.39, 0.29) is 5.56 Å². The third-order valence-electron chi connectivity index (χ3n) is 5.06. The van der Waals surface area contributed by atoms with E-state index < -0.39 is 0 Å². The molecule has 8 nitrogen and oxygen atoms in total. The Balaban J connectivity index is 1.60.